The molecule has 0 fully saturated rings. The minimum atomic E-state index is 1.07. The van der Waals surface area contributed by atoms with Gasteiger partial charge in [0.25, 0.3) is 0 Å². The number of fused-ring (bicyclic) bond motifs is 1. The lowest BCUT2D eigenvalue weighted by Gasteiger charge is -2.01. The molecule has 62 valence electrons. The molecule has 0 bridgehead atoms. The second-order valence-corrected chi connectivity index (χ2v) is 3.23. The molecule has 0 saturated carbocycles. The predicted octanol–water partition coefficient (Wildman–Crippen LogP) is 2.19. The fourth-order valence-corrected chi connectivity index (χ4v) is 1.44. The Balaban J connectivity index is 2.93. The first-order valence-electron chi connectivity index (χ1n) is 4.07. The summed E-state index contributed by atoms with van der Waals surface area (Å²) < 4.78 is 2.04. The Kier molecular flexibility index (Phi) is 1.43. The van der Waals surface area contributed by atoms with Crippen molar-refractivity contribution in [3.63, 3.8) is 0 Å². The van der Waals surface area contributed by atoms with Crippen LogP contribution in [0.2, 0.25) is 0 Å². The maximum Gasteiger partial charge on any atom is 0.139 e. The van der Waals surface area contributed by atoms with Crippen LogP contribution in [-0.4, -0.2) is 9.55 Å². The van der Waals surface area contributed by atoms with Crippen molar-refractivity contribution in [3.8, 4) is 0 Å². The van der Waals surface area contributed by atoms with E-state index in [2.05, 4.69) is 24.9 Å². The van der Waals surface area contributed by atoms with Gasteiger partial charge in [0, 0.05) is 24.8 Å². The molecule has 0 atom stereocenters. The van der Waals surface area contributed by atoms with Crippen molar-refractivity contribution in [2.75, 3.05) is 0 Å². The van der Waals surface area contributed by atoms with Gasteiger partial charge in [0.05, 0.1) is 0 Å². The van der Waals surface area contributed by atoms with E-state index in [4.69, 9.17) is 0 Å². The zero-order valence-corrected chi connectivity index (χ0v) is 7.63. The van der Waals surface area contributed by atoms with Crippen molar-refractivity contribution in [1.29, 1.82) is 0 Å². The molecule has 0 radical (unpaired) electrons. The highest BCUT2D eigenvalue weighted by atomic mass is 15.0. The Morgan fingerprint density at radius 3 is 2.83 bits per heavy atom. The Morgan fingerprint density at radius 1 is 1.33 bits per heavy atom. The zero-order valence-electron chi connectivity index (χ0n) is 7.63. The number of hydrogen-bond donors (Lipinski definition) is 0. The summed E-state index contributed by atoms with van der Waals surface area (Å²) in [5.41, 5.74) is 3.66. The highest BCUT2D eigenvalue weighted by molar-refractivity contribution is 5.80. The summed E-state index contributed by atoms with van der Waals surface area (Å²) in [6, 6.07) is 2.12. The summed E-state index contributed by atoms with van der Waals surface area (Å²) in [4.78, 5) is 4.36. The first-order chi connectivity index (χ1) is 5.70. The molecular weight excluding hydrogens is 148 g/mol. The van der Waals surface area contributed by atoms with Crippen molar-refractivity contribution in [2.45, 2.75) is 13.8 Å². The zero-order chi connectivity index (χ0) is 8.72. The molecule has 0 amide bonds. The molecule has 0 saturated heterocycles. The van der Waals surface area contributed by atoms with E-state index in [1.807, 2.05) is 24.0 Å². The van der Waals surface area contributed by atoms with E-state index in [1.54, 1.807) is 0 Å². The minimum absolute atomic E-state index is 1.07. The maximum absolute atomic E-state index is 4.36. The van der Waals surface area contributed by atoms with Gasteiger partial charge in [-0.1, -0.05) is 0 Å². The van der Waals surface area contributed by atoms with Crippen molar-refractivity contribution >= 4 is 11.0 Å². The molecule has 12 heavy (non-hydrogen) atoms. The van der Waals surface area contributed by atoms with Crippen LogP contribution >= 0.6 is 0 Å². The summed E-state index contributed by atoms with van der Waals surface area (Å²) in [6.45, 7) is 4.23. The van der Waals surface area contributed by atoms with E-state index in [9.17, 15) is 0 Å². The van der Waals surface area contributed by atoms with E-state index < -0.39 is 0 Å². The van der Waals surface area contributed by atoms with E-state index in [-0.39, 0.29) is 0 Å². The third kappa shape index (κ3) is 0.843. The van der Waals surface area contributed by atoms with Gasteiger partial charge in [-0.15, -0.1) is 0 Å². The Hall–Kier alpha value is -1.31. The number of pyridine rings is 1. The van der Waals surface area contributed by atoms with Crippen molar-refractivity contribution in [3.05, 3.63) is 29.6 Å². The summed E-state index contributed by atoms with van der Waals surface area (Å²) >= 11 is 0. The van der Waals surface area contributed by atoms with Crippen molar-refractivity contribution in [1.82, 2.24) is 9.55 Å². The summed E-state index contributed by atoms with van der Waals surface area (Å²) in [6.07, 6.45) is 3.97. The van der Waals surface area contributed by atoms with Gasteiger partial charge < -0.3 is 4.57 Å². The molecule has 2 aromatic heterocycles. The largest absolute Gasteiger partial charge is 0.336 e. The van der Waals surface area contributed by atoms with Gasteiger partial charge in [-0.3, -0.25) is 0 Å². The minimum Gasteiger partial charge on any atom is -0.336 e. The van der Waals surface area contributed by atoms with Gasteiger partial charge in [0.1, 0.15) is 5.65 Å². The van der Waals surface area contributed by atoms with Crippen LogP contribution in [0.4, 0.5) is 0 Å². The quantitative estimate of drug-likeness (QED) is 0.577. The lowest BCUT2D eigenvalue weighted by atomic mass is 10.1. The second kappa shape index (κ2) is 2.34. The van der Waals surface area contributed by atoms with Crippen LogP contribution in [0.5, 0.6) is 0 Å². The molecule has 0 aromatic carbocycles. The van der Waals surface area contributed by atoms with Crippen LogP contribution in [0.3, 0.4) is 0 Å². The molecular formula is C10H12N2. The molecule has 0 aliphatic rings. The highest BCUT2D eigenvalue weighted by Gasteiger charge is 2.03. The van der Waals surface area contributed by atoms with Gasteiger partial charge in [0.2, 0.25) is 0 Å². The molecule has 2 heterocycles. The van der Waals surface area contributed by atoms with Crippen LogP contribution in [0.15, 0.2) is 18.5 Å². The van der Waals surface area contributed by atoms with Crippen LogP contribution in [-0.2, 0) is 7.05 Å². The number of hydrogen-bond acceptors (Lipinski definition) is 1. The van der Waals surface area contributed by atoms with Gasteiger partial charge in [0.15, 0.2) is 0 Å². The van der Waals surface area contributed by atoms with E-state index in [0.29, 0.717) is 0 Å². The third-order valence-corrected chi connectivity index (χ3v) is 2.42. The number of nitrogens with zero attached hydrogens (tertiary/aromatic N) is 2. The van der Waals surface area contributed by atoms with E-state index in [1.165, 1.54) is 16.5 Å². The van der Waals surface area contributed by atoms with E-state index >= 15 is 0 Å². The fourth-order valence-electron chi connectivity index (χ4n) is 1.44. The smallest absolute Gasteiger partial charge is 0.139 e. The first kappa shape index (κ1) is 7.35. The van der Waals surface area contributed by atoms with Crippen LogP contribution < -0.4 is 0 Å². The third-order valence-electron chi connectivity index (χ3n) is 2.42. The average molecular weight is 160 g/mol. The standard InChI is InChI=1S/C10H12N2/c1-7-6-11-10-9(8(7)2)4-5-12(10)3/h4-6H,1-3H3. The topological polar surface area (TPSA) is 17.8 Å². The maximum atomic E-state index is 4.36. The Morgan fingerprint density at radius 2 is 2.08 bits per heavy atom. The Labute approximate surface area is 71.8 Å². The van der Waals surface area contributed by atoms with Crippen LogP contribution in [0.1, 0.15) is 11.1 Å². The summed E-state index contributed by atoms with van der Waals surface area (Å²) in [7, 11) is 2.02. The normalized spacial score (nSPS) is 10.9. The monoisotopic (exact) mass is 160 g/mol. The van der Waals surface area contributed by atoms with Gasteiger partial charge in [-0.25, -0.2) is 4.98 Å². The van der Waals surface area contributed by atoms with Gasteiger partial charge in [-0.2, -0.15) is 0 Å². The molecule has 0 aliphatic carbocycles. The summed E-state index contributed by atoms with van der Waals surface area (Å²) in [5, 5.41) is 1.26. The predicted molar refractivity (Wildman–Crippen MR) is 50.2 cm³/mol. The molecule has 2 rings (SSSR count). The molecule has 2 aromatic rings. The Bertz CT molecular complexity index is 427. The molecule has 2 nitrogen and oxygen atoms in total. The average Bonchev–Trinajstić information content (AvgIpc) is 2.41. The molecule has 2 heteroatoms. The van der Waals surface area contributed by atoms with Crippen LogP contribution in [0.25, 0.3) is 11.0 Å². The van der Waals surface area contributed by atoms with Crippen molar-refractivity contribution < 1.29 is 0 Å². The lowest BCUT2D eigenvalue weighted by Crippen LogP contribution is -1.90. The number of aryl methyl sites for hydroxylation is 3. The SMILES string of the molecule is Cc1cnc2c(ccn2C)c1C. The molecule has 0 spiro atoms. The molecule has 0 N–H and O–H groups in total. The fraction of sp³-hybridized carbons (Fsp3) is 0.300. The lowest BCUT2D eigenvalue weighted by molar-refractivity contribution is 0.947. The first-order valence-corrected chi connectivity index (χ1v) is 4.07. The van der Waals surface area contributed by atoms with Crippen LogP contribution in [0, 0.1) is 13.8 Å². The second-order valence-electron chi connectivity index (χ2n) is 3.23. The molecule has 0 unspecified atom stereocenters. The highest BCUT2D eigenvalue weighted by Crippen LogP contribution is 2.18. The summed E-state index contributed by atoms with van der Waals surface area (Å²) in [5.74, 6) is 0. The van der Waals surface area contributed by atoms with Crippen molar-refractivity contribution in [2.24, 2.45) is 7.05 Å². The van der Waals surface area contributed by atoms with Gasteiger partial charge in [-0.05, 0) is 31.0 Å². The van der Waals surface area contributed by atoms with Gasteiger partial charge >= 0.3 is 0 Å². The molecule has 0 aliphatic heterocycles. The van der Waals surface area contributed by atoms with E-state index in [0.717, 1.165) is 5.65 Å². The number of rotatable bonds is 0. The number of aromatic nitrogens is 2.